The van der Waals surface area contributed by atoms with E-state index < -0.39 is 0 Å². The van der Waals surface area contributed by atoms with Crippen LogP contribution in [0.25, 0.3) is 0 Å². The average molecular weight is 264 g/mol. The number of Topliss-reactive ketones (excluding diaryl/α,β-unsaturated/α-hetero) is 1. The molecule has 0 aromatic carbocycles. The van der Waals surface area contributed by atoms with E-state index >= 15 is 0 Å². The molecule has 2 saturated carbocycles. The van der Waals surface area contributed by atoms with E-state index in [1.54, 1.807) is 0 Å². The Morgan fingerprint density at radius 1 is 1.11 bits per heavy atom. The van der Waals surface area contributed by atoms with Gasteiger partial charge in [0.15, 0.2) is 0 Å². The second-order valence-corrected chi connectivity index (χ2v) is 8.56. The first-order chi connectivity index (χ1) is 8.68. The quantitative estimate of drug-likeness (QED) is 0.679. The van der Waals surface area contributed by atoms with Crippen LogP contribution in [0.2, 0.25) is 0 Å². The van der Waals surface area contributed by atoms with Gasteiger partial charge in [-0.1, -0.05) is 48.0 Å². The van der Waals surface area contributed by atoms with Crippen LogP contribution in [-0.2, 0) is 4.79 Å². The smallest absolute Gasteiger partial charge is 0.144 e. The molecule has 0 N–H and O–H groups in total. The highest BCUT2D eigenvalue weighted by Gasteiger charge is 2.55. The standard InChI is InChI=1S/C18H32O/c1-12(2)14-8-7-13(3)11-15(14)18(6)10-9-17(4,5)16(18)19/h12-15H,7-11H2,1-6H3. The molecule has 1 nitrogen and oxygen atoms in total. The third kappa shape index (κ3) is 2.50. The van der Waals surface area contributed by atoms with E-state index in [0.717, 1.165) is 24.7 Å². The molecule has 1 heteroatoms. The number of carbonyl (C=O) groups is 1. The van der Waals surface area contributed by atoms with Gasteiger partial charge >= 0.3 is 0 Å². The number of hydrogen-bond acceptors (Lipinski definition) is 1. The Morgan fingerprint density at radius 2 is 1.74 bits per heavy atom. The predicted octanol–water partition coefficient (Wildman–Crippen LogP) is 5.09. The van der Waals surface area contributed by atoms with Crippen molar-refractivity contribution in [2.24, 2.45) is 34.5 Å². The molecule has 0 aliphatic heterocycles. The molecule has 2 rings (SSSR count). The Bertz CT molecular complexity index is 355. The SMILES string of the molecule is CC1CCC(C(C)C)C(C2(C)CCC(C)(C)C2=O)C1. The number of hydrogen-bond donors (Lipinski definition) is 0. The summed E-state index contributed by atoms with van der Waals surface area (Å²) in [7, 11) is 0. The molecule has 0 amide bonds. The van der Waals surface area contributed by atoms with Gasteiger partial charge in [0.2, 0.25) is 0 Å². The minimum atomic E-state index is -0.0863. The lowest BCUT2D eigenvalue weighted by atomic mass is 9.58. The maximum atomic E-state index is 12.9. The Hall–Kier alpha value is -0.330. The van der Waals surface area contributed by atoms with E-state index in [1.165, 1.54) is 19.3 Å². The monoisotopic (exact) mass is 264 g/mol. The largest absolute Gasteiger partial charge is 0.298 e. The number of ketones is 1. The van der Waals surface area contributed by atoms with Gasteiger partial charge < -0.3 is 0 Å². The molecule has 2 aliphatic carbocycles. The molecule has 0 spiro atoms. The van der Waals surface area contributed by atoms with E-state index in [4.69, 9.17) is 0 Å². The molecule has 4 unspecified atom stereocenters. The molecule has 2 aliphatic rings. The lowest BCUT2D eigenvalue weighted by molar-refractivity contribution is -0.137. The Kier molecular flexibility index (Phi) is 3.88. The van der Waals surface area contributed by atoms with E-state index in [0.29, 0.717) is 17.6 Å². The molecule has 0 bridgehead atoms. The average Bonchev–Trinajstić information content (AvgIpc) is 2.54. The van der Waals surface area contributed by atoms with Crippen LogP contribution in [0.5, 0.6) is 0 Å². The van der Waals surface area contributed by atoms with Gasteiger partial charge in [-0.05, 0) is 49.4 Å². The van der Waals surface area contributed by atoms with Gasteiger partial charge in [0.05, 0.1) is 0 Å². The fourth-order valence-electron chi connectivity index (χ4n) is 4.86. The van der Waals surface area contributed by atoms with Crippen LogP contribution in [0, 0.1) is 34.5 Å². The maximum Gasteiger partial charge on any atom is 0.144 e. The van der Waals surface area contributed by atoms with Crippen molar-refractivity contribution in [1.29, 1.82) is 0 Å². The van der Waals surface area contributed by atoms with Gasteiger partial charge in [0, 0.05) is 10.8 Å². The molecule has 0 aromatic rings. The van der Waals surface area contributed by atoms with Crippen molar-refractivity contribution >= 4 is 5.78 Å². The van der Waals surface area contributed by atoms with E-state index in [2.05, 4.69) is 41.5 Å². The van der Waals surface area contributed by atoms with Crippen molar-refractivity contribution in [3.05, 3.63) is 0 Å². The Morgan fingerprint density at radius 3 is 2.21 bits per heavy atom. The fourth-order valence-corrected chi connectivity index (χ4v) is 4.86. The summed E-state index contributed by atoms with van der Waals surface area (Å²) < 4.78 is 0. The van der Waals surface area contributed by atoms with Gasteiger partial charge in [-0.3, -0.25) is 4.79 Å². The molecule has 110 valence electrons. The summed E-state index contributed by atoms with van der Waals surface area (Å²) in [5, 5.41) is 0. The zero-order chi connectivity index (χ0) is 14.4. The van der Waals surface area contributed by atoms with Crippen molar-refractivity contribution in [2.75, 3.05) is 0 Å². The van der Waals surface area contributed by atoms with Crippen LogP contribution in [0.1, 0.15) is 73.6 Å². The normalized spacial score (nSPS) is 42.9. The number of rotatable bonds is 2. The first-order valence-corrected chi connectivity index (χ1v) is 8.23. The van der Waals surface area contributed by atoms with Crippen molar-refractivity contribution in [1.82, 2.24) is 0 Å². The minimum Gasteiger partial charge on any atom is -0.298 e. The predicted molar refractivity (Wildman–Crippen MR) is 81.0 cm³/mol. The van der Waals surface area contributed by atoms with Gasteiger partial charge in [-0.2, -0.15) is 0 Å². The van der Waals surface area contributed by atoms with E-state index in [1.807, 2.05) is 0 Å². The van der Waals surface area contributed by atoms with Gasteiger partial charge in [-0.15, -0.1) is 0 Å². The summed E-state index contributed by atoms with van der Waals surface area (Å²) in [6, 6.07) is 0. The molecular weight excluding hydrogens is 232 g/mol. The van der Waals surface area contributed by atoms with Gasteiger partial charge in [-0.25, -0.2) is 0 Å². The summed E-state index contributed by atoms with van der Waals surface area (Å²) in [6.07, 6.45) is 6.14. The lowest BCUT2D eigenvalue weighted by Crippen LogP contribution is -2.43. The molecule has 19 heavy (non-hydrogen) atoms. The van der Waals surface area contributed by atoms with Crippen LogP contribution in [0.4, 0.5) is 0 Å². The molecular formula is C18H32O. The van der Waals surface area contributed by atoms with Crippen molar-refractivity contribution in [3.63, 3.8) is 0 Å². The minimum absolute atomic E-state index is 0.0485. The summed E-state index contributed by atoms with van der Waals surface area (Å²) in [5.74, 6) is 3.42. The topological polar surface area (TPSA) is 17.1 Å². The molecule has 0 radical (unpaired) electrons. The van der Waals surface area contributed by atoms with Gasteiger partial charge in [0.1, 0.15) is 5.78 Å². The summed E-state index contributed by atoms with van der Waals surface area (Å²) >= 11 is 0. The van der Waals surface area contributed by atoms with Crippen molar-refractivity contribution in [3.8, 4) is 0 Å². The summed E-state index contributed by atoms with van der Waals surface area (Å²) in [4.78, 5) is 12.9. The maximum absolute atomic E-state index is 12.9. The highest BCUT2D eigenvalue weighted by atomic mass is 16.1. The van der Waals surface area contributed by atoms with Crippen LogP contribution in [0.15, 0.2) is 0 Å². The van der Waals surface area contributed by atoms with E-state index in [-0.39, 0.29) is 10.8 Å². The summed E-state index contributed by atoms with van der Waals surface area (Å²) in [6.45, 7) is 13.7. The van der Waals surface area contributed by atoms with Crippen LogP contribution in [-0.4, -0.2) is 5.78 Å². The Balaban J connectivity index is 2.29. The lowest BCUT2D eigenvalue weighted by Gasteiger charge is -2.46. The first kappa shape index (κ1) is 15.1. The third-order valence-corrected chi connectivity index (χ3v) is 6.24. The molecule has 0 saturated heterocycles. The summed E-state index contributed by atoms with van der Waals surface area (Å²) in [5.41, 5.74) is -0.135. The highest BCUT2D eigenvalue weighted by molar-refractivity contribution is 5.91. The first-order valence-electron chi connectivity index (χ1n) is 8.23. The molecule has 0 heterocycles. The fraction of sp³-hybridized carbons (Fsp3) is 0.944. The Labute approximate surface area is 119 Å². The van der Waals surface area contributed by atoms with Gasteiger partial charge in [0.25, 0.3) is 0 Å². The molecule has 2 fully saturated rings. The van der Waals surface area contributed by atoms with Crippen LogP contribution >= 0.6 is 0 Å². The van der Waals surface area contributed by atoms with Crippen LogP contribution < -0.4 is 0 Å². The second kappa shape index (κ2) is 4.90. The highest BCUT2D eigenvalue weighted by Crippen LogP contribution is 2.56. The number of carbonyl (C=O) groups excluding carboxylic acids is 1. The molecule has 4 atom stereocenters. The van der Waals surface area contributed by atoms with Crippen molar-refractivity contribution < 1.29 is 4.79 Å². The van der Waals surface area contributed by atoms with E-state index in [9.17, 15) is 4.79 Å². The zero-order valence-electron chi connectivity index (χ0n) is 13.8. The zero-order valence-corrected chi connectivity index (χ0v) is 13.8. The third-order valence-electron chi connectivity index (χ3n) is 6.24. The second-order valence-electron chi connectivity index (χ2n) is 8.56. The van der Waals surface area contributed by atoms with Crippen molar-refractivity contribution in [2.45, 2.75) is 73.6 Å². The van der Waals surface area contributed by atoms with Crippen LogP contribution in [0.3, 0.4) is 0 Å². The molecule has 0 aromatic heterocycles.